The molecule has 2 atom stereocenters. The number of ether oxygens (including phenoxy) is 1. The summed E-state index contributed by atoms with van der Waals surface area (Å²) < 4.78 is 5.20. The molecular weight excluding hydrogens is 128 g/mol. The molecule has 1 aliphatic rings. The van der Waals surface area contributed by atoms with Crippen LogP contribution in [0.3, 0.4) is 0 Å². The standard InChI is InChI=1S/C8H16O2/c1-3-4-5-7-8(2,9)6-10-7/h7,9H,3-6H2,1-2H3. The predicted octanol–water partition coefficient (Wildman–Crippen LogP) is 1.33. The highest BCUT2D eigenvalue weighted by atomic mass is 16.6. The summed E-state index contributed by atoms with van der Waals surface area (Å²) in [7, 11) is 0. The van der Waals surface area contributed by atoms with Gasteiger partial charge < -0.3 is 9.84 Å². The minimum absolute atomic E-state index is 0.104. The highest BCUT2D eigenvalue weighted by Gasteiger charge is 2.41. The molecule has 0 bridgehead atoms. The summed E-state index contributed by atoms with van der Waals surface area (Å²) in [5, 5.41) is 9.47. The van der Waals surface area contributed by atoms with Crippen molar-refractivity contribution < 1.29 is 9.84 Å². The van der Waals surface area contributed by atoms with Gasteiger partial charge in [0.2, 0.25) is 0 Å². The summed E-state index contributed by atoms with van der Waals surface area (Å²) in [6.07, 6.45) is 3.44. The summed E-state index contributed by atoms with van der Waals surface area (Å²) >= 11 is 0. The number of aliphatic hydroxyl groups is 1. The van der Waals surface area contributed by atoms with Gasteiger partial charge in [-0.25, -0.2) is 0 Å². The third kappa shape index (κ3) is 1.50. The molecule has 1 saturated heterocycles. The molecule has 10 heavy (non-hydrogen) atoms. The molecule has 0 amide bonds. The first-order valence-electron chi connectivity index (χ1n) is 4.01. The molecule has 0 aromatic heterocycles. The fourth-order valence-corrected chi connectivity index (χ4v) is 1.23. The van der Waals surface area contributed by atoms with Gasteiger partial charge in [-0.05, 0) is 13.3 Å². The maximum absolute atomic E-state index is 9.47. The van der Waals surface area contributed by atoms with Crippen LogP contribution in [-0.4, -0.2) is 23.4 Å². The zero-order valence-electron chi connectivity index (χ0n) is 6.76. The van der Waals surface area contributed by atoms with E-state index in [1.165, 1.54) is 6.42 Å². The van der Waals surface area contributed by atoms with Crippen LogP contribution in [0.25, 0.3) is 0 Å². The third-order valence-corrected chi connectivity index (χ3v) is 2.09. The molecule has 0 radical (unpaired) electrons. The molecule has 0 spiro atoms. The molecule has 2 nitrogen and oxygen atoms in total. The van der Waals surface area contributed by atoms with Crippen LogP contribution < -0.4 is 0 Å². The Hall–Kier alpha value is -0.0800. The van der Waals surface area contributed by atoms with Crippen molar-refractivity contribution in [2.45, 2.75) is 44.8 Å². The molecule has 2 heteroatoms. The predicted molar refractivity (Wildman–Crippen MR) is 39.9 cm³/mol. The molecule has 1 rings (SSSR count). The SMILES string of the molecule is CCCCC1OCC1(C)O. The summed E-state index contributed by atoms with van der Waals surface area (Å²) in [6.45, 7) is 4.51. The quantitative estimate of drug-likeness (QED) is 0.647. The molecule has 1 N–H and O–H groups in total. The molecule has 0 aromatic rings. The normalized spacial score (nSPS) is 39.3. The number of unbranched alkanes of at least 4 members (excludes halogenated alkanes) is 1. The molecule has 0 saturated carbocycles. The topological polar surface area (TPSA) is 29.5 Å². The lowest BCUT2D eigenvalue weighted by atomic mass is 9.91. The van der Waals surface area contributed by atoms with Gasteiger partial charge in [-0.1, -0.05) is 19.8 Å². The zero-order valence-corrected chi connectivity index (χ0v) is 6.76. The van der Waals surface area contributed by atoms with Crippen LogP contribution in [0.2, 0.25) is 0 Å². The van der Waals surface area contributed by atoms with Crippen molar-refractivity contribution in [1.29, 1.82) is 0 Å². The summed E-state index contributed by atoms with van der Waals surface area (Å²) in [5.74, 6) is 0. The van der Waals surface area contributed by atoms with E-state index in [1.54, 1.807) is 0 Å². The van der Waals surface area contributed by atoms with Gasteiger partial charge in [0.25, 0.3) is 0 Å². The second kappa shape index (κ2) is 2.89. The number of rotatable bonds is 3. The fraction of sp³-hybridized carbons (Fsp3) is 1.00. The lowest BCUT2D eigenvalue weighted by molar-refractivity contribution is -0.229. The van der Waals surface area contributed by atoms with Crippen LogP contribution in [-0.2, 0) is 4.74 Å². The van der Waals surface area contributed by atoms with E-state index in [2.05, 4.69) is 6.92 Å². The lowest BCUT2D eigenvalue weighted by Crippen LogP contribution is -2.55. The van der Waals surface area contributed by atoms with Gasteiger partial charge in [0.15, 0.2) is 0 Å². The molecule has 60 valence electrons. The van der Waals surface area contributed by atoms with Crippen LogP contribution in [0, 0.1) is 0 Å². The zero-order chi connectivity index (χ0) is 7.61. The van der Waals surface area contributed by atoms with Gasteiger partial charge >= 0.3 is 0 Å². The van der Waals surface area contributed by atoms with Crippen molar-refractivity contribution in [3.05, 3.63) is 0 Å². The highest BCUT2D eigenvalue weighted by molar-refractivity contribution is 4.90. The van der Waals surface area contributed by atoms with E-state index in [9.17, 15) is 5.11 Å². The van der Waals surface area contributed by atoms with Gasteiger partial charge in [-0.2, -0.15) is 0 Å². The molecule has 0 aromatic carbocycles. The molecule has 0 aliphatic carbocycles. The Morgan fingerprint density at radius 1 is 1.70 bits per heavy atom. The first-order chi connectivity index (χ1) is 4.67. The summed E-state index contributed by atoms with van der Waals surface area (Å²) in [4.78, 5) is 0. The summed E-state index contributed by atoms with van der Waals surface area (Å²) in [6, 6.07) is 0. The van der Waals surface area contributed by atoms with Gasteiger partial charge in [0.1, 0.15) is 5.60 Å². The second-order valence-electron chi connectivity index (χ2n) is 3.30. The van der Waals surface area contributed by atoms with Crippen LogP contribution in [0.15, 0.2) is 0 Å². The second-order valence-corrected chi connectivity index (χ2v) is 3.30. The van der Waals surface area contributed by atoms with Crippen LogP contribution >= 0.6 is 0 Å². The van der Waals surface area contributed by atoms with Gasteiger partial charge in [0, 0.05) is 0 Å². The number of hydrogen-bond acceptors (Lipinski definition) is 2. The maximum Gasteiger partial charge on any atom is 0.111 e. The average Bonchev–Trinajstić information content (AvgIpc) is 1.87. The van der Waals surface area contributed by atoms with E-state index < -0.39 is 5.60 Å². The largest absolute Gasteiger partial charge is 0.385 e. The first kappa shape index (κ1) is 8.02. The smallest absolute Gasteiger partial charge is 0.111 e. The Balaban J connectivity index is 2.17. The highest BCUT2D eigenvalue weighted by Crippen LogP contribution is 2.28. The minimum atomic E-state index is -0.533. The first-order valence-corrected chi connectivity index (χ1v) is 4.01. The number of hydrogen-bond donors (Lipinski definition) is 1. The van der Waals surface area contributed by atoms with Crippen molar-refractivity contribution in [3.8, 4) is 0 Å². The van der Waals surface area contributed by atoms with Crippen molar-refractivity contribution in [1.82, 2.24) is 0 Å². The van der Waals surface area contributed by atoms with Crippen LogP contribution in [0.5, 0.6) is 0 Å². The maximum atomic E-state index is 9.47. The molecule has 1 heterocycles. The van der Waals surface area contributed by atoms with Gasteiger partial charge in [-0.15, -0.1) is 0 Å². The molecule has 2 unspecified atom stereocenters. The van der Waals surface area contributed by atoms with Gasteiger partial charge in [-0.3, -0.25) is 0 Å². The third-order valence-electron chi connectivity index (χ3n) is 2.09. The average molecular weight is 144 g/mol. The van der Waals surface area contributed by atoms with E-state index in [4.69, 9.17) is 4.74 Å². The minimum Gasteiger partial charge on any atom is -0.385 e. The fourth-order valence-electron chi connectivity index (χ4n) is 1.23. The Bertz CT molecular complexity index is 110. The van der Waals surface area contributed by atoms with Gasteiger partial charge in [0.05, 0.1) is 12.7 Å². The Kier molecular flexibility index (Phi) is 2.32. The molecule has 1 aliphatic heterocycles. The van der Waals surface area contributed by atoms with Crippen molar-refractivity contribution >= 4 is 0 Å². The van der Waals surface area contributed by atoms with Crippen molar-refractivity contribution in [2.75, 3.05) is 6.61 Å². The molecule has 1 fully saturated rings. The van der Waals surface area contributed by atoms with E-state index in [-0.39, 0.29) is 6.10 Å². The summed E-state index contributed by atoms with van der Waals surface area (Å²) in [5.41, 5.74) is -0.533. The lowest BCUT2D eigenvalue weighted by Gasteiger charge is -2.42. The van der Waals surface area contributed by atoms with Crippen LogP contribution in [0.1, 0.15) is 33.1 Å². The Morgan fingerprint density at radius 2 is 2.40 bits per heavy atom. The van der Waals surface area contributed by atoms with E-state index in [1.807, 2.05) is 6.92 Å². The van der Waals surface area contributed by atoms with E-state index >= 15 is 0 Å². The Labute approximate surface area is 62.2 Å². The monoisotopic (exact) mass is 144 g/mol. The van der Waals surface area contributed by atoms with E-state index in [0.29, 0.717) is 6.61 Å². The van der Waals surface area contributed by atoms with E-state index in [0.717, 1.165) is 12.8 Å². The van der Waals surface area contributed by atoms with Crippen LogP contribution in [0.4, 0.5) is 0 Å². The molecular formula is C8H16O2. The van der Waals surface area contributed by atoms with Crippen molar-refractivity contribution in [2.24, 2.45) is 0 Å². The van der Waals surface area contributed by atoms with Crippen molar-refractivity contribution in [3.63, 3.8) is 0 Å². The Morgan fingerprint density at radius 3 is 2.70 bits per heavy atom.